The van der Waals surface area contributed by atoms with E-state index in [0.717, 1.165) is 114 Å². The molecule has 290 valence electrons. The molecule has 3 aromatic rings. The number of nitrogens with zero attached hydrogens (tertiary/aromatic N) is 4. The van der Waals surface area contributed by atoms with E-state index in [0.29, 0.717) is 0 Å². The Morgan fingerprint density at radius 2 is 0.804 bits per heavy atom. The second-order valence-corrected chi connectivity index (χ2v) is 17.4. The van der Waals surface area contributed by atoms with Crippen LogP contribution in [-0.4, -0.2) is 0 Å². The molecular weight excluding hydrogens is 816 g/mol. The molecule has 2 aliphatic rings. The molecule has 3 aromatic carbocycles. The van der Waals surface area contributed by atoms with Gasteiger partial charge in [-0.25, -0.2) is 20.2 Å². The van der Waals surface area contributed by atoms with E-state index < -0.39 is 0 Å². The molecule has 56 heavy (non-hydrogen) atoms. The van der Waals surface area contributed by atoms with Crippen LogP contribution in [0.3, 0.4) is 0 Å². The monoisotopic (exact) mass is 870 g/mol. The third-order valence-electron chi connectivity index (χ3n) is 11.7. The third-order valence-corrected chi connectivity index (χ3v) is 12.7. The van der Waals surface area contributed by atoms with E-state index in [9.17, 15) is 10.5 Å². The normalized spacial score (nSPS) is 13.9. The number of allylic oxidation sites excluding steroid dienone is 2. The van der Waals surface area contributed by atoms with Crippen molar-refractivity contribution in [1.82, 2.24) is 0 Å². The van der Waals surface area contributed by atoms with Gasteiger partial charge in [-0.2, -0.15) is 0 Å². The van der Waals surface area contributed by atoms with Crippen molar-refractivity contribution in [3.63, 3.8) is 0 Å². The minimum atomic E-state index is 0.112. The van der Waals surface area contributed by atoms with E-state index in [1.807, 2.05) is 0 Å². The molecular formula is C50H56Br2N4. The first-order chi connectivity index (χ1) is 27.4. The number of rotatable bonds is 22. The van der Waals surface area contributed by atoms with E-state index >= 15 is 0 Å². The highest BCUT2D eigenvalue weighted by Crippen LogP contribution is 2.59. The fourth-order valence-corrected chi connectivity index (χ4v) is 9.72. The van der Waals surface area contributed by atoms with Crippen LogP contribution in [0.2, 0.25) is 0 Å². The van der Waals surface area contributed by atoms with Crippen LogP contribution in [0.25, 0.3) is 43.1 Å². The van der Waals surface area contributed by atoms with Crippen LogP contribution in [0.4, 0.5) is 0 Å². The number of nitriles is 2. The first-order valence-corrected chi connectivity index (χ1v) is 22.9. The number of hydrogen-bond acceptors (Lipinski definition) is 2. The van der Waals surface area contributed by atoms with Crippen LogP contribution in [0.15, 0.2) is 56.7 Å². The Morgan fingerprint density at radius 3 is 1.11 bits per heavy atom. The van der Waals surface area contributed by atoms with Crippen molar-refractivity contribution in [2.75, 3.05) is 0 Å². The van der Waals surface area contributed by atoms with Gasteiger partial charge in [0.2, 0.25) is 0 Å². The summed E-state index contributed by atoms with van der Waals surface area (Å²) in [7, 11) is 0. The van der Waals surface area contributed by atoms with Crippen LogP contribution in [0.5, 0.6) is 0 Å². The van der Waals surface area contributed by atoms with Gasteiger partial charge in [0, 0.05) is 20.1 Å². The van der Waals surface area contributed by atoms with E-state index in [1.54, 1.807) is 0 Å². The molecule has 0 aliphatic heterocycles. The number of benzene rings is 3. The van der Waals surface area contributed by atoms with Crippen molar-refractivity contribution in [1.29, 1.82) is 10.5 Å². The van der Waals surface area contributed by atoms with E-state index in [1.165, 1.54) is 103 Å². The summed E-state index contributed by atoms with van der Waals surface area (Å²) in [6, 6.07) is 17.1. The molecule has 5 rings (SSSR count). The summed E-state index contributed by atoms with van der Waals surface area (Å²) in [5.74, 6) is 0. The van der Waals surface area contributed by atoms with Crippen molar-refractivity contribution < 1.29 is 0 Å². The minimum absolute atomic E-state index is 0.112. The molecule has 0 atom stereocenters. The quantitative estimate of drug-likeness (QED) is 0.0395. The lowest BCUT2D eigenvalue weighted by molar-refractivity contribution is 0.556. The van der Waals surface area contributed by atoms with Gasteiger partial charge < -0.3 is 0 Å². The average Bonchev–Trinajstić information content (AvgIpc) is 3.70. The summed E-state index contributed by atoms with van der Waals surface area (Å²) in [4.78, 5) is 7.69. The molecule has 0 N–H and O–H groups in total. The SMILES string of the molecule is [C-]#[N+]/C(C#N)=C1/c2cc(Br)ccc2-c2c(CCCCCCCCCCCC)c3c(c(CCCCCCCCCCCC)c21)-c1ccc(Br)cc1/C3=C(/C#N)[N+]#[C-]. The van der Waals surface area contributed by atoms with Gasteiger partial charge in [-0.1, -0.05) is 173 Å². The number of hydrogen-bond donors (Lipinski definition) is 0. The third kappa shape index (κ3) is 9.95. The maximum absolute atomic E-state index is 10.5. The Kier molecular flexibility index (Phi) is 17.1. The molecule has 0 saturated carbocycles. The van der Waals surface area contributed by atoms with Gasteiger partial charge >= 0.3 is 0 Å². The van der Waals surface area contributed by atoms with Gasteiger partial charge in [-0.05, 0) is 106 Å². The van der Waals surface area contributed by atoms with E-state index in [4.69, 9.17) is 13.1 Å². The van der Waals surface area contributed by atoms with Gasteiger partial charge in [0.25, 0.3) is 11.4 Å². The molecule has 4 nitrogen and oxygen atoms in total. The van der Waals surface area contributed by atoms with Crippen LogP contribution in [0, 0.1) is 35.8 Å². The molecule has 6 heteroatoms. The molecule has 0 amide bonds. The van der Waals surface area contributed by atoms with Crippen LogP contribution in [0.1, 0.15) is 176 Å². The lowest BCUT2D eigenvalue weighted by atomic mass is 9.81. The zero-order valence-electron chi connectivity index (χ0n) is 33.6. The molecule has 0 unspecified atom stereocenters. The molecule has 0 saturated heterocycles. The maximum Gasteiger partial charge on any atom is 0.270 e. The Balaban J connectivity index is 1.63. The largest absolute Gasteiger partial charge is 0.270 e. The average molecular weight is 873 g/mol. The summed E-state index contributed by atoms with van der Waals surface area (Å²) < 4.78 is 1.80. The highest BCUT2D eigenvalue weighted by Gasteiger charge is 2.39. The van der Waals surface area contributed by atoms with Gasteiger partial charge in [-0.3, -0.25) is 0 Å². The predicted molar refractivity (Wildman–Crippen MR) is 240 cm³/mol. The van der Waals surface area contributed by atoms with Crippen molar-refractivity contribution in [2.45, 2.75) is 155 Å². The summed E-state index contributed by atoms with van der Waals surface area (Å²) in [5, 5.41) is 21.0. The van der Waals surface area contributed by atoms with Gasteiger partial charge in [0.1, 0.15) is 0 Å². The summed E-state index contributed by atoms with van der Waals surface area (Å²) >= 11 is 7.42. The highest BCUT2D eigenvalue weighted by molar-refractivity contribution is 9.10. The Bertz CT molecular complexity index is 1930. The lowest BCUT2D eigenvalue weighted by Gasteiger charge is -2.23. The van der Waals surface area contributed by atoms with Crippen molar-refractivity contribution in [2.24, 2.45) is 0 Å². The highest BCUT2D eigenvalue weighted by atomic mass is 79.9. The molecule has 0 bridgehead atoms. The first-order valence-electron chi connectivity index (χ1n) is 21.3. The van der Waals surface area contributed by atoms with Crippen LogP contribution >= 0.6 is 31.9 Å². The molecule has 0 aromatic heterocycles. The zero-order valence-corrected chi connectivity index (χ0v) is 36.7. The molecule has 0 spiro atoms. The first kappa shape index (κ1) is 43.2. The van der Waals surface area contributed by atoms with Gasteiger partial charge in [0.15, 0.2) is 0 Å². The topological polar surface area (TPSA) is 56.3 Å². The molecule has 0 heterocycles. The summed E-state index contributed by atoms with van der Waals surface area (Å²) in [5.41, 5.74) is 12.0. The zero-order chi connectivity index (χ0) is 39.9. The van der Waals surface area contributed by atoms with E-state index in [2.05, 4.69) is 104 Å². The smallest absolute Gasteiger partial charge is 0.226 e. The second kappa shape index (κ2) is 22.1. The lowest BCUT2D eigenvalue weighted by Crippen LogP contribution is -2.05. The second-order valence-electron chi connectivity index (χ2n) is 15.6. The number of halogens is 2. The van der Waals surface area contributed by atoms with Crippen LogP contribution in [-0.2, 0) is 12.8 Å². The van der Waals surface area contributed by atoms with Gasteiger partial charge in [-0.15, -0.1) is 0 Å². The summed E-state index contributed by atoms with van der Waals surface area (Å²) in [6.07, 6.45) is 26.3. The predicted octanol–water partition coefficient (Wildman–Crippen LogP) is 16.5. The Morgan fingerprint density at radius 1 is 0.482 bits per heavy atom. The molecule has 0 fully saturated rings. The standard InChI is InChI=1S/C50H56Br2N4/c1-5-7-9-11-13-15-17-19-21-23-25-39-45-37-29-27-35(51)31-41(37)48(44(34-54)56-4)50(45)40(26-24-22-20-18-16-14-12-10-8-6-2)46-38-30-28-36(52)32-42(38)47(49(39)46)43(33-53)55-3/h27-32H,5-26H2,1-2H3/b47-43-,48-44+. The maximum atomic E-state index is 10.5. The van der Waals surface area contributed by atoms with Gasteiger partial charge in [0.05, 0.1) is 25.3 Å². The Labute approximate surface area is 354 Å². The molecule has 0 radical (unpaired) electrons. The number of unbranched alkanes of at least 4 members (excludes halogenated alkanes) is 18. The van der Waals surface area contributed by atoms with Crippen molar-refractivity contribution in [3.05, 3.63) is 113 Å². The fourth-order valence-electron chi connectivity index (χ4n) is 9.00. The molecule has 2 aliphatic carbocycles. The fraction of sp³-hybridized carbons (Fsp3) is 0.480. The number of fused-ring (bicyclic) bond motifs is 6. The Hall–Kier alpha value is -3.94. The summed E-state index contributed by atoms with van der Waals surface area (Å²) in [6.45, 7) is 20.9. The van der Waals surface area contributed by atoms with Crippen molar-refractivity contribution >= 4 is 43.0 Å². The van der Waals surface area contributed by atoms with E-state index in [-0.39, 0.29) is 11.4 Å². The van der Waals surface area contributed by atoms with Crippen LogP contribution < -0.4 is 0 Å². The van der Waals surface area contributed by atoms with Crippen molar-refractivity contribution in [3.8, 4) is 34.4 Å². The minimum Gasteiger partial charge on any atom is -0.226 e.